The summed E-state index contributed by atoms with van der Waals surface area (Å²) in [6.07, 6.45) is -0.208. The first kappa shape index (κ1) is 19.2. The minimum Gasteiger partial charge on any atom is -0.481 e. The lowest BCUT2D eigenvalue weighted by Crippen LogP contribution is -2.34. The molecule has 6 heteroatoms. The maximum Gasteiger partial charge on any atom is 0.407 e. The van der Waals surface area contributed by atoms with Gasteiger partial charge in [0.25, 0.3) is 0 Å². The van der Waals surface area contributed by atoms with E-state index in [0.717, 1.165) is 16.0 Å². The van der Waals surface area contributed by atoms with E-state index in [4.69, 9.17) is 4.74 Å². The Morgan fingerprint density at radius 1 is 1.00 bits per heavy atom. The lowest BCUT2D eigenvalue weighted by molar-refractivity contribution is -0.141. The Morgan fingerprint density at radius 2 is 1.66 bits per heavy atom. The number of hydrogen-bond donors (Lipinski definition) is 2. The fourth-order valence-corrected chi connectivity index (χ4v) is 4.56. The topological polar surface area (TPSA) is 75.6 Å². The van der Waals surface area contributed by atoms with Gasteiger partial charge in [-0.2, -0.15) is 0 Å². The second-order valence-corrected chi connectivity index (χ2v) is 8.06. The third kappa shape index (κ3) is 4.17. The molecular formula is C23H21NO4S. The second-order valence-electron chi connectivity index (χ2n) is 7.03. The fourth-order valence-electron chi connectivity index (χ4n) is 3.77. The Morgan fingerprint density at radius 3 is 2.24 bits per heavy atom. The molecule has 5 nitrogen and oxygen atoms in total. The Hall–Kier alpha value is -3.12. The monoisotopic (exact) mass is 407 g/mol. The van der Waals surface area contributed by atoms with Gasteiger partial charge in [-0.05, 0) is 40.1 Å². The molecule has 0 saturated heterocycles. The van der Waals surface area contributed by atoms with Crippen LogP contribution in [-0.2, 0) is 16.0 Å². The number of hydrogen-bond acceptors (Lipinski definition) is 4. The third-order valence-corrected chi connectivity index (χ3v) is 6.11. The number of ether oxygens (including phenoxy) is 1. The molecule has 1 heterocycles. The van der Waals surface area contributed by atoms with Gasteiger partial charge in [0.15, 0.2) is 0 Å². The molecule has 148 valence electrons. The Balaban J connectivity index is 1.37. The number of fused-ring (bicyclic) bond motifs is 3. The van der Waals surface area contributed by atoms with Gasteiger partial charge in [-0.15, -0.1) is 11.3 Å². The van der Waals surface area contributed by atoms with Crippen molar-refractivity contribution in [2.24, 2.45) is 5.92 Å². The quantitative estimate of drug-likeness (QED) is 0.603. The van der Waals surface area contributed by atoms with Crippen molar-refractivity contribution in [1.82, 2.24) is 5.32 Å². The summed E-state index contributed by atoms with van der Waals surface area (Å²) in [6.45, 7) is 0.242. The molecule has 0 spiro atoms. The van der Waals surface area contributed by atoms with Crippen molar-refractivity contribution >= 4 is 23.4 Å². The highest BCUT2D eigenvalue weighted by Crippen LogP contribution is 2.44. The van der Waals surface area contributed by atoms with Gasteiger partial charge in [0, 0.05) is 17.3 Å². The van der Waals surface area contributed by atoms with Gasteiger partial charge in [-0.1, -0.05) is 54.6 Å². The smallest absolute Gasteiger partial charge is 0.407 e. The van der Waals surface area contributed by atoms with Crippen molar-refractivity contribution in [3.63, 3.8) is 0 Å². The predicted octanol–water partition coefficient (Wildman–Crippen LogP) is 4.53. The van der Waals surface area contributed by atoms with Gasteiger partial charge in [-0.3, -0.25) is 4.79 Å². The van der Waals surface area contributed by atoms with Crippen LogP contribution in [0.2, 0.25) is 0 Å². The van der Waals surface area contributed by atoms with E-state index in [9.17, 15) is 14.7 Å². The van der Waals surface area contributed by atoms with Gasteiger partial charge in [-0.25, -0.2) is 4.79 Å². The van der Waals surface area contributed by atoms with Crippen LogP contribution in [-0.4, -0.2) is 30.3 Å². The number of aliphatic carboxylic acids is 1. The lowest BCUT2D eigenvalue weighted by Gasteiger charge is -2.16. The molecule has 1 atom stereocenters. The molecule has 1 amide bonds. The number of carboxylic acid groups (broad SMARTS) is 1. The number of carboxylic acids is 1. The van der Waals surface area contributed by atoms with Crippen LogP contribution in [0.1, 0.15) is 21.9 Å². The summed E-state index contributed by atoms with van der Waals surface area (Å²) in [5.74, 6) is -1.64. The van der Waals surface area contributed by atoms with E-state index in [1.54, 1.807) is 0 Å². The minimum absolute atomic E-state index is 0.0189. The second kappa shape index (κ2) is 8.49. The first-order chi connectivity index (χ1) is 14.1. The summed E-state index contributed by atoms with van der Waals surface area (Å²) in [5.41, 5.74) is 4.61. The van der Waals surface area contributed by atoms with Crippen molar-refractivity contribution in [3.8, 4) is 11.1 Å². The molecule has 0 unspecified atom stereocenters. The van der Waals surface area contributed by atoms with Crippen LogP contribution in [0.5, 0.6) is 0 Å². The van der Waals surface area contributed by atoms with Gasteiger partial charge >= 0.3 is 12.1 Å². The molecular weight excluding hydrogens is 386 g/mol. The van der Waals surface area contributed by atoms with Crippen molar-refractivity contribution in [2.45, 2.75) is 12.3 Å². The van der Waals surface area contributed by atoms with Crippen LogP contribution in [0.15, 0.2) is 66.0 Å². The van der Waals surface area contributed by atoms with E-state index in [-0.39, 0.29) is 19.1 Å². The highest BCUT2D eigenvalue weighted by molar-refractivity contribution is 7.09. The van der Waals surface area contributed by atoms with Crippen LogP contribution in [0, 0.1) is 5.92 Å². The van der Waals surface area contributed by atoms with Gasteiger partial charge in [0.2, 0.25) is 0 Å². The predicted molar refractivity (Wildman–Crippen MR) is 112 cm³/mol. The first-order valence-electron chi connectivity index (χ1n) is 9.47. The number of benzene rings is 2. The summed E-state index contributed by atoms with van der Waals surface area (Å²) in [6, 6.07) is 20.0. The number of amides is 1. The number of rotatable bonds is 7. The van der Waals surface area contributed by atoms with Crippen LogP contribution in [0.4, 0.5) is 4.79 Å². The molecule has 0 saturated carbocycles. The SMILES string of the molecule is O=C(NC[C@H](Cc1cccs1)C(=O)O)OCC1c2ccccc2-c2ccccc21. The number of thiophene rings is 1. The number of carbonyl (C=O) groups excluding carboxylic acids is 1. The summed E-state index contributed by atoms with van der Waals surface area (Å²) in [7, 11) is 0. The highest BCUT2D eigenvalue weighted by Gasteiger charge is 2.29. The van der Waals surface area contributed by atoms with E-state index in [0.29, 0.717) is 6.42 Å². The number of carbonyl (C=O) groups is 2. The Labute approximate surface area is 173 Å². The highest BCUT2D eigenvalue weighted by atomic mass is 32.1. The molecule has 0 radical (unpaired) electrons. The third-order valence-electron chi connectivity index (χ3n) is 5.21. The van der Waals surface area contributed by atoms with E-state index in [1.165, 1.54) is 22.5 Å². The molecule has 0 aliphatic heterocycles. The molecule has 1 aromatic heterocycles. The van der Waals surface area contributed by atoms with Crippen LogP contribution < -0.4 is 5.32 Å². The molecule has 1 aliphatic carbocycles. The van der Waals surface area contributed by atoms with Crippen molar-refractivity contribution in [3.05, 3.63) is 82.0 Å². The average Bonchev–Trinajstić information content (AvgIpc) is 3.35. The molecule has 2 N–H and O–H groups in total. The van der Waals surface area contributed by atoms with Gasteiger partial charge in [0.1, 0.15) is 6.61 Å². The minimum atomic E-state index is -0.933. The summed E-state index contributed by atoms with van der Waals surface area (Å²) in [5, 5.41) is 13.9. The van der Waals surface area contributed by atoms with E-state index in [1.807, 2.05) is 41.8 Å². The summed E-state index contributed by atoms with van der Waals surface area (Å²) in [4.78, 5) is 24.7. The number of nitrogens with one attached hydrogen (secondary N) is 1. The Bertz CT molecular complexity index is 970. The van der Waals surface area contributed by atoms with Crippen LogP contribution in [0.25, 0.3) is 11.1 Å². The van der Waals surface area contributed by atoms with E-state index in [2.05, 4.69) is 29.6 Å². The molecule has 3 aromatic rings. The average molecular weight is 407 g/mol. The zero-order valence-corrected chi connectivity index (χ0v) is 16.5. The zero-order chi connectivity index (χ0) is 20.2. The largest absolute Gasteiger partial charge is 0.481 e. The normalized spacial score (nSPS) is 13.4. The van der Waals surface area contributed by atoms with E-state index >= 15 is 0 Å². The maximum atomic E-state index is 12.2. The molecule has 1 aliphatic rings. The summed E-state index contributed by atoms with van der Waals surface area (Å²) >= 11 is 1.51. The molecule has 0 fully saturated rings. The van der Waals surface area contributed by atoms with Crippen LogP contribution >= 0.6 is 11.3 Å². The summed E-state index contributed by atoms with van der Waals surface area (Å²) < 4.78 is 5.46. The van der Waals surface area contributed by atoms with Crippen molar-refractivity contribution in [1.29, 1.82) is 0 Å². The number of alkyl carbamates (subject to hydrolysis) is 1. The van der Waals surface area contributed by atoms with Gasteiger partial charge < -0.3 is 15.2 Å². The molecule has 2 aromatic carbocycles. The zero-order valence-electron chi connectivity index (χ0n) is 15.7. The maximum absolute atomic E-state index is 12.2. The standard InChI is InChI=1S/C23H21NO4S/c25-22(26)15(12-16-6-5-11-29-16)13-24-23(27)28-14-21-19-9-3-1-7-17(19)18-8-2-4-10-20(18)21/h1-11,15,21H,12-14H2,(H,24,27)(H,25,26)/t15-/m0/s1. The molecule has 0 bridgehead atoms. The fraction of sp³-hybridized carbons (Fsp3) is 0.217. The van der Waals surface area contributed by atoms with E-state index < -0.39 is 18.0 Å². The Kier molecular flexibility index (Phi) is 5.62. The first-order valence-corrected chi connectivity index (χ1v) is 10.4. The van der Waals surface area contributed by atoms with Gasteiger partial charge in [0.05, 0.1) is 5.92 Å². The lowest BCUT2D eigenvalue weighted by atomic mass is 9.98. The van der Waals surface area contributed by atoms with Crippen molar-refractivity contribution in [2.75, 3.05) is 13.2 Å². The molecule has 29 heavy (non-hydrogen) atoms. The van der Waals surface area contributed by atoms with Crippen LogP contribution in [0.3, 0.4) is 0 Å². The molecule has 4 rings (SSSR count). The van der Waals surface area contributed by atoms with Crippen molar-refractivity contribution < 1.29 is 19.4 Å².